The minimum atomic E-state index is -0.220. The van der Waals surface area contributed by atoms with Gasteiger partial charge in [-0.05, 0) is 42.3 Å². The van der Waals surface area contributed by atoms with Gasteiger partial charge in [0.2, 0.25) is 5.91 Å². The molecule has 0 spiro atoms. The van der Waals surface area contributed by atoms with E-state index < -0.39 is 0 Å². The fraction of sp³-hybridized carbons (Fsp3) is 0.381. The molecule has 0 aromatic heterocycles. The molecule has 0 bridgehead atoms. The molecule has 1 fully saturated rings. The van der Waals surface area contributed by atoms with Gasteiger partial charge in [-0.25, -0.2) is 4.39 Å². The summed E-state index contributed by atoms with van der Waals surface area (Å²) in [6.07, 6.45) is 0.744. The highest BCUT2D eigenvalue weighted by Crippen LogP contribution is 2.18. The van der Waals surface area contributed by atoms with Crippen molar-refractivity contribution in [1.29, 1.82) is 0 Å². The second-order valence-electron chi connectivity index (χ2n) is 6.65. The third-order valence-electron chi connectivity index (χ3n) is 4.84. The van der Waals surface area contributed by atoms with Gasteiger partial charge in [-0.2, -0.15) is 0 Å². The molecule has 0 saturated carbocycles. The summed E-state index contributed by atoms with van der Waals surface area (Å²) in [6.45, 7) is 4.30. The predicted molar refractivity (Wildman–Crippen MR) is 105 cm³/mol. The van der Waals surface area contributed by atoms with Crippen LogP contribution in [-0.4, -0.2) is 57.2 Å². The van der Waals surface area contributed by atoms with Crippen LogP contribution in [-0.2, 0) is 11.2 Å². The van der Waals surface area contributed by atoms with E-state index in [1.165, 1.54) is 12.1 Å². The normalized spacial score (nSPS) is 14.8. The largest absolute Gasteiger partial charge is 0.496 e. The number of piperazine rings is 1. The first-order valence-corrected chi connectivity index (χ1v) is 9.27. The highest BCUT2D eigenvalue weighted by atomic mass is 19.1. The molecule has 144 valence electrons. The number of carbonyl (C=O) groups excluding carboxylic acids is 1. The summed E-state index contributed by atoms with van der Waals surface area (Å²) in [7, 11) is 1.66. The number of methoxy groups -OCH3 is 1. The van der Waals surface area contributed by atoms with E-state index in [0.717, 1.165) is 49.6 Å². The molecule has 5 nitrogen and oxygen atoms in total. The lowest BCUT2D eigenvalue weighted by Gasteiger charge is -2.35. The number of anilines is 1. The number of nitrogens with zero attached hydrogens (tertiary/aromatic N) is 2. The molecule has 1 amide bonds. The topological polar surface area (TPSA) is 44.8 Å². The summed E-state index contributed by atoms with van der Waals surface area (Å²) in [6, 6.07) is 14.4. The van der Waals surface area contributed by atoms with E-state index in [0.29, 0.717) is 13.1 Å². The Morgan fingerprint density at radius 1 is 1.07 bits per heavy atom. The smallest absolute Gasteiger partial charge is 0.234 e. The van der Waals surface area contributed by atoms with Crippen molar-refractivity contribution in [3.63, 3.8) is 0 Å². The van der Waals surface area contributed by atoms with Gasteiger partial charge in [0.25, 0.3) is 0 Å². The van der Waals surface area contributed by atoms with E-state index in [2.05, 4.69) is 15.1 Å². The molecule has 0 atom stereocenters. The maximum atomic E-state index is 13.0. The molecule has 0 aliphatic carbocycles. The van der Waals surface area contributed by atoms with Crippen molar-refractivity contribution in [3.05, 3.63) is 59.9 Å². The van der Waals surface area contributed by atoms with Crippen LogP contribution in [0.2, 0.25) is 0 Å². The second kappa shape index (κ2) is 9.37. The SMILES string of the molecule is COc1ccccc1CCNC(=O)CN1CCN(c2ccc(F)cc2)CC1. The molecule has 0 unspecified atom stereocenters. The van der Waals surface area contributed by atoms with Gasteiger partial charge in [-0.1, -0.05) is 18.2 Å². The van der Waals surface area contributed by atoms with Crippen molar-refractivity contribution in [3.8, 4) is 5.75 Å². The first-order valence-electron chi connectivity index (χ1n) is 9.27. The summed E-state index contributed by atoms with van der Waals surface area (Å²) in [5.74, 6) is 0.672. The van der Waals surface area contributed by atoms with Crippen LogP contribution in [0.5, 0.6) is 5.75 Å². The molecular formula is C21H26FN3O2. The number of ether oxygens (including phenoxy) is 1. The number of rotatable bonds is 7. The number of nitrogens with one attached hydrogen (secondary N) is 1. The molecular weight excluding hydrogens is 345 g/mol. The van der Waals surface area contributed by atoms with Crippen LogP contribution >= 0.6 is 0 Å². The molecule has 1 aliphatic heterocycles. The monoisotopic (exact) mass is 371 g/mol. The number of halogens is 1. The Kier molecular flexibility index (Phi) is 6.65. The first kappa shape index (κ1) is 19.2. The fourth-order valence-corrected chi connectivity index (χ4v) is 3.32. The Balaban J connectivity index is 1.38. The molecule has 1 aliphatic rings. The van der Waals surface area contributed by atoms with E-state index in [1.54, 1.807) is 19.2 Å². The number of para-hydroxylation sites is 1. The van der Waals surface area contributed by atoms with Crippen LogP contribution in [0.4, 0.5) is 10.1 Å². The molecule has 3 rings (SSSR count). The van der Waals surface area contributed by atoms with Crippen molar-refractivity contribution >= 4 is 11.6 Å². The minimum absolute atomic E-state index is 0.0418. The Labute approximate surface area is 159 Å². The predicted octanol–water partition coefficient (Wildman–Crippen LogP) is 2.32. The van der Waals surface area contributed by atoms with Gasteiger partial charge in [0.1, 0.15) is 11.6 Å². The molecule has 27 heavy (non-hydrogen) atoms. The van der Waals surface area contributed by atoms with E-state index in [1.807, 2.05) is 24.3 Å². The average Bonchev–Trinajstić information content (AvgIpc) is 2.69. The van der Waals surface area contributed by atoms with E-state index in [-0.39, 0.29) is 11.7 Å². The highest BCUT2D eigenvalue weighted by Gasteiger charge is 2.19. The summed E-state index contributed by atoms with van der Waals surface area (Å²) in [5, 5.41) is 2.99. The van der Waals surface area contributed by atoms with Crippen LogP contribution in [0.15, 0.2) is 48.5 Å². The molecule has 6 heteroatoms. The average molecular weight is 371 g/mol. The molecule has 1 saturated heterocycles. The van der Waals surface area contributed by atoms with E-state index in [9.17, 15) is 9.18 Å². The van der Waals surface area contributed by atoms with Crippen molar-refractivity contribution in [2.24, 2.45) is 0 Å². The van der Waals surface area contributed by atoms with Crippen molar-refractivity contribution in [1.82, 2.24) is 10.2 Å². The Bertz CT molecular complexity index is 743. The summed E-state index contributed by atoms with van der Waals surface area (Å²) < 4.78 is 18.4. The second-order valence-corrected chi connectivity index (χ2v) is 6.65. The molecule has 1 heterocycles. The van der Waals surface area contributed by atoms with Crippen molar-refractivity contribution in [2.75, 3.05) is 51.3 Å². The maximum Gasteiger partial charge on any atom is 0.234 e. The highest BCUT2D eigenvalue weighted by molar-refractivity contribution is 5.78. The van der Waals surface area contributed by atoms with Crippen LogP contribution in [0.25, 0.3) is 0 Å². The Morgan fingerprint density at radius 3 is 2.48 bits per heavy atom. The number of amides is 1. The quantitative estimate of drug-likeness (QED) is 0.811. The lowest BCUT2D eigenvalue weighted by Crippen LogP contribution is -2.49. The Morgan fingerprint density at radius 2 is 1.78 bits per heavy atom. The van der Waals surface area contributed by atoms with Gasteiger partial charge >= 0.3 is 0 Å². The van der Waals surface area contributed by atoms with Gasteiger partial charge in [0.15, 0.2) is 0 Å². The van der Waals surface area contributed by atoms with Crippen molar-refractivity contribution in [2.45, 2.75) is 6.42 Å². The summed E-state index contributed by atoms with van der Waals surface area (Å²) in [4.78, 5) is 16.6. The van der Waals surface area contributed by atoms with Crippen LogP contribution < -0.4 is 15.0 Å². The van der Waals surface area contributed by atoms with Gasteiger partial charge in [0.05, 0.1) is 13.7 Å². The summed E-state index contributed by atoms with van der Waals surface area (Å²) in [5.41, 5.74) is 2.12. The fourth-order valence-electron chi connectivity index (χ4n) is 3.32. The first-order chi connectivity index (χ1) is 13.2. The minimum Gasteiger partial charge on any atom is -0.496 e. The van der Waals surface area contributed by atoms with E-state index >= 15 is 0 Å². The zero-order valence-electron chi connectivity index (χ0n) is 15.7. The van der Waals surface area contributed by atoms with Gasteiger partial charge in [-0.15, -0.1) is 0 Å². The molecule has 0 radical (unpaired) electrons. The standard InChI is InChI=1S/C21H26FN3O2/c1-27-20-5-3-2-4-17(20)10-11-23-21(26)16-24-12-14-25(15-13-24)19-8-6-18(22)7-9-19/h2-9H,10-16H2,1H3,(H,23,26). The van der Waals surface area contributed by atoms with Gasteiger partial charge < -0.3 is 15.0 Å². The maximum absolute atomic E-state index is 13.0. The van der Waals surface area contributed by atoms with Crippen LogP contribution in [0, 0.1) is 5.82 Å². The number of hydrogen-bond donors (Lipinski definition) is 1. The molecule has 1 N–H and O–H groups in total. The Hall–Kier alpha value is -2.60. The number of carbonyl (C=O) groups is 1. The molecule has 2 aromatic carbocycles. The lowest BCUT2D eigenvalue weighted by molar-refractivity contribution is -0.122. The summed E-state index contributed by atoms with van der Waals surface area (Å²) >= 11 is 0. The van der Waals surface area contributed by atoms with Gasteiger partial charge in [0, 0.05) is 38.4 Å². The van der Waals surface area contributed by atoms with Crippen LogP contribution in [0.3, 0.4) is 0 Å². The third kappa shape index (κ3) is 5.44. The number of hydrogen-bond acceptors (Lipinski definition) is 4. The zero-order valence-corrected chi connectivity index (χ0v) is 15.7. The lowest BCUT2D eigenvalue weighted by atomic mass is 10.1. The van der Waals surface area contributed by atoms with Crippen LogP contribution in [0.1, 0.15) is 5.56 Å². The number of benzene rings is 2. The third-order valence-corrected chi connectivity index (χ3v) is 4.84. The van der Waals surface area contributed by atoms with E-state index in [4.69, 9.17) is 4.74 Å². The van der Waals surface area contributed by atoms with Gasteiger partial charge in [-0.3, -0.25) is 9.69 Å². The van der Waals surface area contributed by atoms with Crippen molar-refractivity contribution < 1.29 is 13.9 Å². The molecule has 2 aromatic rings. The zero-order chi connectivity index (χ0) is 19.1.